The second kappa shape index (κ2) is 8.05. The van der Waals surface area contributed by atoms with Gasteiger partial charge in [0.15, 0.2) is 8.32 Å². The molecule has 0 fully saturated rings. The lowest BCUT2D eigenvalue weighted by Gasteiger charge is -2.38. The number of hydrogen-bond acceptors (Lipinski definition) is 1. The Kier molecular flexibility index (Phi) is 7.84. The van der Waals surface area contributed by atoms with E-state index in [1.54, 1.807) is 0 Å². The maximum atomic E-state index is 6.34. The molecule has 2 heteroatoms. The highest BCUT2D eigenvalue weighted by molar-refractivity contribution is 6.74. The van der Waals surface area contributed by atoms with Crippen LogP contribution in [0.5, 0.6) is 0 Å². The number of terminal acetylenes is 1. The summed E-state index contributed by atoms with van der Waals surface area (Å²) < 4.78 is 6.34. The second-order valence-electron chi connectivity index (χ2n) is 7.73. The zero-order chi connectivity index (χ0) is 16.0. The van der Waals surface area contributed by atoms with Crippen LogP contribution < -0.4 is 0 Å². The molecular formula is C18H34OSi. The van der Waals surface area contributed by atoms with Crippen LogP contribution in [-0.4, -0.2) is 14.4 Å². The molecule has 116 valence electrons. The van der Waals surface area contributed by atoms with Crippen molar-refractivity contribution in [3.05, 3.63) is 11.6 Å². The predicted molar refractivity (Wildman–Crippen MR) is 93.3 cm³/mol. The van der Waals surface area contributed by atoms with Crippen molar-refractivity contribution in [1.82, 2.24) is 0 Å². The lowest BCUT2D eigenvalue weighted by molar-refractivity contribution is 0.200. The standard InChI is InChI=1S/C18H34OSi/c1-10-17(19-20(8,9)18(5,6)7)14-16(4)13-11-12-15(2)3/h1,12,16-17H,11,13-14H2,2-9H3/t16-,17-/m1/s1. The van der Waals surface area contributed by atoms with Gasteiger partial charge in [0.25, 0.3) is 0 Å². The molecule has 0 spiro atoms. The van der Waals surface area contributed by atoms with Gasteiger partial charge in [0.05, 0.1) is 0 Å². The Morgan fingerprint density at radius 1 is 1.30 bits per heavy atom. The fourth-order valence-corrected chi connectivity index (χ4v) is 3.05. The van der Waals surface area contributed by atoms with Crippen LogP contribution in [0, 0.1) is 18.3 Å². The number of rotatable bonds is 7. The molecular weight excluding hydrogens is 260 g/mol. The van der Waals surface area contributed by atoms with Crippen molar-refractivity contribution >= 4 is 8.32 Å². The normalized spacial score (nSPS) is 15.3. The molecule has 0 N–H and O–H groups in total. The number of hydrogen-bond donors (Lipinski definition) is 0. The van der Waals surface area contributed by atoms with E-state index >= 15 is 0 Å². The van der Waals surface area contributed by atoms with Crippen LogP contribution in [0.1, 0.15) is 60.8 Å². The molecule has 0 aliphatic carbocycles. The van der Waals surface area contributed by atoms with Gasteiger partial charge < -0.3 is 4.43 Å². The van der Waals surface area contributed by atoms with Crippen LogP contribution in [-0.2, 0) is 4.43 Å². The van der Waals surface area contributed by atoms with Crippen LogP contribution in [0.4, 0.5) is 0 Å². The highest BCUT2D eigenvalue weighted by atomic mass is 28.4. The Labute approximate surface area is 128 Å². The van der Waals surface area contributed by atoms with Gasteiger partial charge in [0.2, 0.25) is 0 Å². The second-order valence-corrected chi connectivity index (χ2v) is 12.5. The Morgan fingerprint density at radius 3 is 2.25 bits per heavy atom. The Bertz CT molecular complexity index is 351. The van der Waals surface area contributed by atoms with Crippen molar-refractivity contribution in [2.24, 2.45) is 5.92 Å². The van der Waals surface area contributed by atoms with E-state index in [1.165, 1.54) is 12.0 Å². The summed E-state index contributed by atoms with van der Waals surface area (Å²) in [6.45, 7) is 17.9. The molecule has 0 rings (SSSR count). The molecule has 0 aromatic rings. The monoisotopic (exact) mass is 294 g/mol. The van der Waals surface area contributed by atoms with Crippen molar-refractivity contribution in [2.45, 2.75) is 85.0 Å². The third-order valence-electron chi connectivity index (χ3n) is 4.26. The summed E-state index contributed by atoms with van der Waals surface area (Å²) in [5, 5.41) is 0.216. The van der Waals surface area contributed by atoms with Crippen LogP contribution >= 0.6 is 0 Å². The molecule has 0 aromatic heterocycles. The summed E-state index contributed by atoms with van der Waals surface area (Å²) in [5.41, 5.74) is 1.39. The molecule has 0 aliphatic heterocycles. The predicted octanol–water partition coefficient (Wildman–Crippen LogP) is 5.78. The van der Waals surface area contributed by atoms with Gasteiger partial charge in [-0.25, -0.2) is 0 Å². The third-order valence-corrected chi connectivity index (χ3v) is 8.74. The fraction of sp³-hybridized carbons (Fsp3) is 0.778. The molecule has 0 saturated heterocycles. The molecule has 0 unspecified atom stereocenters. The van der Waals surface area contributed by atoms with Crippen LogP contribution in [0.3, 0.4) is 0 Å². The van der Waals surface area contributed by atoms with Gasteiger partial charge in [-0.05, 0) is 57.2 Å². The number of allylic oxidation sites excluding steroid dienone is 2. The van der Waals surface area contributed by atoms with E-state index in [0.29, 0.717) is 5.92 Å². The van der Waals surface area contributed by atoms with Gasteiger partial charge in [0, 0.05) is 0 Å². The first-order chi connectivity index (χ1) is 8.99. The van der Waals surface area contributed by atoms with E-state index in [2.05, 4.69) is 66.6 Å². The Morgan fingerprint density at radius 2 is 1.85 bits per heavy atom. The lowest BCUT2D eigenvalue weighted by Crippen LogP contribution is -2.44. The highest BCUT2D eigenvalue weighted by Crippen LogP contribution is 2.37. The van der Waals surface area contributed by atoms with Crippen molar-refractivity contribution < 1.29 is 4.43 Å². The van der Waals surface area contributed by atoms with Gasteiger partial charge >= 0.3 is 0 Å². The molecule has 0 bridgehead atoms. The quantitative estimate of drug-likeness (QED) is 0.328. The van der Waals surface area contributed by atoms with Gasteiger partial charge in [0.1, 0.15) is 6.10 Å². The first-order valence-corrected chi connectivity index (χ1v) is 10.7. The van der Waals surface area contributed by atoms with E-state index in [-0.39, 0.29) is 11.1 Å². The van der Waals surface area contributed by atoms with E-state index in [4.69, 9.17) is 10.8 Å². The zero-order valence-electron chi connectivity index (χ0n) is 14.8. The van der Waals surface area contributed by atoms with Crippen LogP contribution in [0.25, 0.3) is 0 Å². The smallest absolute Gasteiger partial charge is 0.193 e. The summed E-state index contributed by atoms with van der Waals surface area (Å²) in [6.07, 6.45) is 11.3. The van der Waals surface area contributed by atoms with Crippen LogP contribution in [0.2, 0.25) is 18.1 Å². The fourth-order valence-electron chi connectivity index (χ4n) is 1.82. The van der Waals surface area contributed by atoms with Crippen molar-refractivity contribution in [2.75, 3.05) is 0 Å². The van der Waals surface area contributed by atoms with Crippen molar-refractivity contribution in [3.8, 4) is 12.3 Å². The molecule has 2 atom stereocenters. The Balaban J connectivity index is 4.43. The Hall–Kier alpha value is -0.523. The topological polar surface area (TPSA) is 9.23 Å². The maximum Gasteiger partial charge on any atom is 0.193 e. The molecule has 0 aliphatic rings. The average Bonchev–Trinajstić information content (AvgIpc) is 2.25. The van der Waals surface area contributed by atoms with Crippen molar-refractivity contribution in [1.29, 1.82) is 0 Å². The van der Waals surface area contributed by atoms with Crippen LogP contribution in [0.15, 0.2) is 11.6 Å². The highest BCUT2D eigenvalue weighted by Gasteiger charge is 2.39. The van der Waals surface area contributed by atoms with Crippen molar-refractivity contribution in [3.63, 3.8) is 0 Å². The van der Waals surface area contributed by atoms with Gasteiger partial charge in [-0.3, -0.25) is 0 Å². The molecule has 1 nitrogen and oxygen atoms in total. The maximum absolute atomic E-state index is 6.34. The lowest BCUT2D eigenvalue weighted by atomic mass is 9.98. The van der Waals surface area contributed by atoms with E-state index < -0.39 is 8.32 Å². The third kappa shape index (κ3) is 7.31. The van der Waals surface area contributed by atoms with E-state index in [9.17, 15) is 0 Å². The summed E-state index contributed by atoms with van der Waals surface area (Å²) >= 11 is 0. The first-order valence-electron chi connectivity index (χ1n) is 7.77. The minimum absolute atomic E-state index is 0.0300. The largest absolute Gasteiger partial charge is 0.403 e. The summed E-state index contributed by atoms with van der Waals surface area (Å²) in [7, 11) is -1.76. The van der Waals surface area contributed by atoms with Gasteiger partial charge in [-0.2, -0.15) is 0 Å². The van der Waals surface area contributed by atoms with E-state index in [1.807, 2.05) is 0 Å². The molecule has 0 heterocycles. The molecule has 0 radical (unpaired) electrons. The zero-order valence-corrected chi connectivity index (χ0v) is 15.8. The molecule has 0 aromatic carbocycles. The molecule has 20 heavy (non-hydrogen) atoms. The molecule has 0 saturated carbocycles. The van der Waals surface area contributed by atoms with Gasteiger partial charge in [-0.15, -0.1) is 6.42 Å². The average molecular weight is 295 g/mol. The minimum atomic E-state index is -1.76. The van der Waals surface area contributed by atoms with Gasteiger partial charge in [-0.1, -0.05) is 45.3 Å². The minimum Gasteiger partial charge on any atom is -0.403 e. The molecule has 0 amide bonds. The first kappa shape index (κ1) is 19.5. The summed E-state index contributed by atoms with van der Waals surface area (Å²) in [6, 6.07) is 0. The van der Waals surface area contributed by atoms with E-state index in [0.717, 1.165) is 12.8 Å². The summed E-state index contributed by atoms with van der Waals surface area (Å²) in [5.74, 6) is 3.47. The summed E-state index contributed by atoms with van der Waals surface area (Å²) in [4.78, 5) is 0. The SMILES string of the molecule is C#C[C@H](C[C@H](C)CCC=C(C)C)O[Si](C)(C)C(C)(C)C.